The number of benzene rings is 1. The van der Waals surface area contributed by atoms with Gasteiger partial charge in [-0.3, -0.25) is 0 Å². The largest absolute Gasteiger partial charge is 0.316 e. The topological polar surface area (TPSA) is 12.0 Å². The summed E-state index contributed by atoms with van der Waals surface area (Å²) in [5.41, 5.74) is 0. The number of nitrogens with one attached hydrogen (secondary N) is 1. The van der Waals surface area contributed by atoms with E-state index in [9.17, 15) is 4.39 Å². The molecule has 0 radical (unpaired) electrons. The van der Waals surface area contributed by atoms with Crippen molar-refractivity contribution < 1.29 is 4.39 Å². The zero-order chi connectivity index (χ0) is 11.8. The summed E-state index contributed by atoms with van der Waals surface area (Å²) >= 11 is 1.78. The summed E-state index contributed by atoms with van der Waals surface area (Å²) in [7, 11) is 0. The average Bonchev–Trinajstić information content (AvgIpc) is 2.25. The van der Waals surface area contributed by atoms with Crippen LogP contribution in [0.3, 0.4) is 0 Å². The molecule has 0 aliphatic heterocycles. The van der Waals surface area contributed by atoms with Crippen LogP contribution in [0.5, 0.6) is 0 Å². The van der Waals surface area contributed by atoms with E-state index in [2.05, 4.69) is 19.2 Å². The molecule has 0 atom stereocenters. The summed E-state index contributed by atoms with van der Waals surface area (Å²) in [6.07, 6.45) is 1.15. The maximum Gasteiger partial charge on any atom is 0.123 e. The first kappa shape index (κ1) is 13.5. The second-order valence-electron chi connectivity index (χ2n) is 4.25. The highest BCUT2D eigenvalue weighted by molar-refractivity contribution is 7.99. The van der Waals surface area contributed by atoms with Crippen LogP contribution in [0.4, 0.5) is 4.39 Å². The van der Waals surface area contributed by atoms with E-state index in [0.717, 1.165) is 30.2 Å². The minimum atomic E-state index is -0.164. The third kappa shape index (κ3) is 6.13. The van der Waals surface area contributed by atoms with Gasteiger partial charge in [0, 0.05) is 4.90 Å². The van der Waals surface area contributed by atoms with Gasteiger partial charge in [0.1, 0.15) is 5.82 Å². The standard InChI is InChI=1S/C13H20FNS/c1-11(2)10-15-8-3-9-16-13-6-4-12(14)5-7-13/h4-7,11,15H,3,8-10H2,1-2H3. The molecule has 0 unspecified atom stereocenters. The summed E-state index contributed by atoms with van der Waals surface area (Å²) in [5.74, 6) is 1.63. The van der Waals surface area contributed by atoms with Crippen LogP contribution in [-0.2, 0) is 0 Å². The Morgan fingerprint density at radius 3 is 2.56 bits per heavy atom. The van der Waals surface area contributed by atoms with E-state index in [1.165, 1.54) is 12.1 Å². The van der Waals surface area contributed by atoms with Crippen LogP contribution in [0.2, 0.25) is 0 Å². The predicted molar refractivity (Wildman–Crippen MR) is 69.4 cm³/mol. The van der Waals surface area contributed by atoms with Gasteiger partial charge in [0.15, 0.2) is 0 Å². The molecule has 0 aliphatic rings. The summed E-state index contributed by atoms with van der Waals surface area (Å²) < 4.78 is 12.6. The van der Waals surface area contributed by atoms with Crippen molar-refractivity contribution in [3.8, 4) is 0 Å². The molecule has 3 heteroatoms. The highest BCUT2D eigenvalue weighted by Gasteiger charge is 1.96. The molecule has 0 fully saturated rings. The zero-order valence-electron chi connectivity index (χ0n) is 10.0. The highest BCUT2D eigenvalue weighted by Crippen LogP contribution is 2.18. The Morgan fingerprint density at radius 1 is 1.25 bits per heavy atom. The molecule has 1 aromatic rings. The van der Waals surface area contributed by atoms with Crippen molar-refractivity contribution in [2.75, 3.05) is 18.8 Å². The van der Waals surface area contributed by atoms with Gasteiger partial charge in [-0.05, 0) is 55.4 Å². The van der Waals surface area contributed by atoms with Gasteiger partial charge < -0.3 is 5.32 Å². The normalized spacial score (nSPS) is 11.0. The van der Waals surface area contributed by atoms with E-state index in [1.807, 2.05) is 12.1 Å². The number of halogens is 1. The number of thioether (sulfide) groups is 1. The molecule has 1 N–H and O–H groups in total. The van der Waals surface area contributed by atoms with Crippen LogP contribution >= 0.6 is 11.8 Å². The van der Waals surface area contributed by atoms with Crippen molar-refractivity contribution in [1.29, 1.82) is 0 Å². The number of rotatable bonds is 7. The molecule has 1 aromatic carbocycles. The minimum Gasteiger partial charge on any atom is -0.316 e. The fourth-order valence-corrected chi connectivity index (χ4v) is 2.16. The van der Waals surface area contributed by atoms with E-state index in [1.54, 1.807) is 11.8 Å². The van der Waals surface area contributed by atoms with Crippen LogP contribution in [0.1, 0.15) is 20.3 Å². The summed E-state index contributed by atoms with van der Waals surface area (Å²) in [5, 5.41) is 3.41. The smallest absolute Gasteiger partial charge is 0.123 e. The van der Waals surface area contributed by atoms with Gasteiger partial charge in [-0.25, -0.2) is 4.39 Å². The van der Waals surface area contributed by atoms with Gasteiger partial charge in [0.05, 0.1) is 0 Å². The van der Waals surface area contributed by atoms with Crippen LogP contribution in [0.15, 0.2) is 29.2 Å². The predicted octanol–water partition coefficient (Wildman–Crippen LogP) is 3.55. The van der Waals surface area contributed by atoms with Crippen LogP contribution in [-0.4, -0.2) is 18.8 Å². The van der Waals surface area contributed by atoms with E-state index >= 15 is 0 Å². The van der Waals surface area contributed by atoms with E-state index in [0.29, 0.717) is 5.92 Å². The molecule has 1 nitrogen and oxygen atoms in total. The molecule has 0 bridgehead atoms. The molecule has 0 heterocycles. The van der Waals surface area contributed by atoms with E-state index in [4.69, 9.17) is 0 Å². The lowest BCUT2D eigenvalue weighted by molar-refractivity contribution is 0.552. The summed E-state index contributed by atoms with van der Waals surface area (Å²) in [4.78, 5) is 1.14. The molecule has 0 saturated carbocycles. The molecule has 1 rings (SSSR count). The SMILES string of the molecule is CC(C)CNCCCSc1ccc(F)cc1. The lowest BCUT2D eigenvalue weighted by atomic mass is 10.2. The van der Waals surface area contributed by atoms with Crippen LogP contribution in [0.25, 0.3) is 0 Å². The van der Waals surface area contributed by atoms with Crippen molar-refractivity contribution in [2.24, 2.45) is 5.92 Å². The Bertz CT molecular complexity index is 284. The Labute approximate surface area is 102 Å². The van der Waals surface area contributed by atoms with Crippen molar-refractivity contribution in [3.05, 3.63) is 30.1 Å². The van der Waals surface area contributed by atoms with Crippen LogP contribution < -0.4 is 5.32 Å². The molecule has 16 heavy (non-hydrogen) atoms. The van der Waals surface area contributed by atoms with E-state index in [-0.39, 0.29) is 5.82 Å². The molecule has 0 saturated heterocycles. The maximum absolute atomic E-state index is 12.6. The Balaban J connectivity index is 2.05. The zero-order valence-corrected chi connectivity index (χ0v) is 10.8. The molecular weight excluding hydrogens is 221 g/mol. The molecule has 0 aliphatic carbocycles. The van der Waals surface area contributed by atoms with Crippen molar-refractivity contribution in [2.45, 2.75) is 25.2 Å². The third-order valence-electron chi connectivity index (χ3n) is 2.13. The van der Waals surface area contributed by atoms with Crippen molar-refractivity contribution in [3.63, 3.8) is 0 Å². The second-order valence-corrected chi connectivity index (χ2v) is 5.42. The molecule has 90 valence electrons. The summed E-state index contributed by atoms with van der Waals surface area (Å²) in [6.45, 7) is 6.56. The van der Waals surface area contributed by atoms with Crippen LogP contribution in [0, 0.1) is 11.7 Å². The molecule has 0 amide bonds. The lowest BCUT2D eigenvalue weighted by Crippen LogP contribution is -2.21. The van der Waals surface area contributed by atoms with Gasteiger partial charge in [0.2, 0.25) is 0 Å². The first-order valence-electron chi connectivity index (χ1n) is 5.77. The Hall–Kier alpha value is -0.540. The first-order valence-corrected chi connectivity index (χ1v) is 6.76. The van der Waals surface area contributed by atoms with Crippen molar-refractivity contribution in [1.82, 2.24) is 5.32 Å². The van der Waals surface area contributed by atoms with E-state index < -0.39 is 0 Å². The van der Waals surface area contributed by atoms with Gasteiger partial charge in [-0.1, -0.05) is 13.8 Å². The summed E-state index contributed by atoms with van der Waals surface area (Å²) in [6, 6.07) is 6.70. The second kappa shape index (κ2) is 7.69. The number of hydrogen-bond donors (Lipinski definition) is 1. The van der Waals surface area contributed by atoms with Gasteiger partial charge >= 0.3 is 0 Å². The Morgan fingerprint density at radius 2 is 1.94 bits per heavy atom. The van der Waals surface area contributed by atoms with Gasteiger partial charge in [-0.15, -0.1) is 11.8 Å². The highest BCUT2D eigenvalue weighted by atomic mass is 32.2. The quantitative estimate of drug-likeness (QED) is 0.579. The average molecular weight is 241 g/mol. The number of hydrogen-bond acceptors (Lipinski definition) is 2. The fraction of sp³-hybridized carbons (Fsp3) is 0.538. The fourth-order valence-electron chi connectivity index (χ4n) is 1.31. The third-order valence-corrected chi connectivity index (χ3v) is 3.23. The minimum absolute atomic E-state index is 0.164. The molecular formula is C13H20FNS. The lowest BCUT2D eigenvalue weighted by Gasteiger charge is -2.06. The maximum atomic E-state index is 12.6. The molecule has 0 aromatic heterocycles. The monoisotopic (exact) mass is 241 g/mol. The molecule has 0 spiro atoms. The Kier molecular flexibility index (Phi) is 6.50. The van der Waals surface area contributed by atoms with Gasteiger partial charge in [-0.2, -0.15) is 0 Å². The first-order chi connectivity index (χ1) is 7.68. The van der Waals surface area contributed by atoms with Crippen molar-refractivity contribution >= 4 is 11.8 Å². The van der Waals surface area contributed by atoms with Gasteiger partial charge in [0.25, 0.3) is 0 Å².